The molecule has 0 bridgehead atoms. The minimum Gasteiger partial charge on any atom is -0.481 e. The number of carboxylic acids is 1. The summed E-state index contributed by atoms with van der Waals surface area (Å²) >= 11 is 0. The van der Waals surface area contributed by atoms with Gasteiger partial charge >= 0.3 is 11.7 Å². The predicted octanol–water partition coefficient (Wildman–Crippen LogP) is 4.17. The summed E-state index contributed by atoms with van der Waals surface area (Å²) in [6, 6.07) is 7.72. The second-order valence-electron chi connectivity index (χ2n) is 8.37. The van der Waals surface area contributed by atoms with E-state index >= 15 is 0 Å². The van der Waals surface area contributed by atoms with Gasteiger partial charge < -0.3 is 9.67 Å². The summed E-state index contributed by atoms with van der Waals surface area (Å²) in [5.41, 5.74) is 5.37. The number of benzene rings is 1. The second-order valence-corrected chi connectivity index (χ2v) is 8.37. The number of hydrogen-bond donors (Lipinski definition) is 1. The van der Waals surface area contributed by atoms with Gasteiger partial charge in [0.2, 0.25) is 0 Å². The Morgan fingerprint density at radius 1 is 1.23 bits per heavy atom. The highest BCUT2D eigenvalue weighted by atomic mass is 16.4. The highest BCUT2D eigenvalue weighted by Crippen LogP contribution is 2.27. The molecule has 162 valence electrons. The summed E-state index contributed by atoms with van der Waals surface area (Å²) < 4.78 is 5.40. The van der Waals surface area contributed by atoms with Crippen LogP contribution in [0.3, 0.4) is 0 Å². The van der Waals surface area contributed by atoms with Gasteiger partial charge in [-0.3, -0.25) is 13.9 Å². The lowest BCUT2D eigenvalue weighted by Crippen LogP contribution is -2.29. The van der Waals surface area contributed by atoms with Gasteiger partial charge in [-0.25, -0.2) is 9.78 Å². The Balaban J connectivity index is 1.93. The molecule has 0 radical (unpaired) electrons. The Labute approximate surface area is 180 Å². The number of imidazole rings is 1. The van der Waals surface area contributed by atoms with Gasteiger partial charge in [0.05, 0.1) is 24.5 Å². The Morgan fingerprint density at radius 2 is 2.00 bits per heavy atom. The third-order valence-corrected chi connectivity index (χ3v) is 5.97. The van der Waals surface area contributed by atoms with E-state index in [2.05, 4.69) is 34.8 Å². The molecule has 1 N–H and O–H groups in total. The van der Waals surface area contributed by atoms with Crippen LogP contribution >= 0.6 is 0 Å². The summed E-state index contributed by atoms with van der Waals surface area (Å²) in [5, 5.41) is 10.6. The van der Waals surface area contributed by atoms with Gasteiger partial charge in [-0.2, -0.15) is 0 Å². The first-order valence-corrected chi connectivity index (χ1v) is 10.6. The van der Waals surface area contributed by atoms with Gasteiger partial charge in [-0.15, -0.1) is 0 Å². The normalized spacial score (nSPS) is 12.6. The lowest BCUT2D eigenvalue weighted by molar-refractivity contribution is -0.137. The molecule has 0 spiro atoms. The van der Waals surface area contributed by atoms with Gasteiger partial charge in [0, 0.05) is 30.3 Å². The summed E-state index contributed by atoms with van der Waals surface area (Å²) in [6.07, 6.45) is 5.08. The Morgan fingerprint density at radius 3 is 2.71 bits per heavy atom. The van der Waals surface area contributed by atoms with Crippen molar-refractivity contribution >= 4 is 28.0 Å². The number of carbonyl (C=O) groups is 1. The lowest BCUT2D eigenvalue weighted by atomic mass is 10.1. The molecule has 1 atom stereocenters. The Kier molecular flexibility index (Phi) is 5.43. The first-order chi connectivity index (χ1) is 14.8. The smallest absolute Gasteiger partial charge is 0.330 e. The number of aromatic nitrogens is 4. The average molecular weight is 421 g/mol. The van der Waals surface area contributed by atoms with Crippen LogP contribution in [0.15, 0.2) is 41.5 Å². The van der Waals surface area contributed by atoms with Crippen molar-refractivity contribution in [1.82, 2.24) is 18.7 Å². The van der Waals surface area contributed by atoms with Crippen molar-refractivity contribution in [1.29, 1.82) is 0 Å². The number of rotatable bonds is 7. The molecule has 0 saturated heterocycles. The van der Waals surface area contributed by atoms with E-state index in [4.69, 9.17) is 0 Å². The molecule has 0 saturated carbocycles. The van der Waals surface area contributed by atoms with E-state index in [9.17, 15) is 14.7 Å². The van der Waals surface area contributed by atoms with Crippen LogP contribution in [0.4, 0.5) is 0 Å². The maximum Gasteiger partial charge on any atom is 0.330 e. The lowest BCUT2D eigenvalue weighted by Gasteiger charge is -2.15. The first kappa shape index (κ1) is 20.9. The molecule has 4 aromatic rings. The molecular weight excluding hydrogens is 392 g/mol. The van der Waals surface area contributed by atoms with E-state index in [0.29, 0.717) is 18.6 Å². The molecule has 31 heavy (non-hydrogen) atoms. The maximum atomic E-state index is 13.6. The van der Waals surface area contributed by atoms with Crippen molar-refractivity contribution in [2.45, 2.75) is 52.6 Å². The van der Waals surface area contributed by atoms with Crippen molar-refractivity contribution in [3.05, 3.63) is 63.8 Å². The van der Waals surface area contributed by atoms with Gasteiger partial charge in [0.1, 0.15) is 0 Å². The fraction of sp³-hybridized carbons (Fsp3) is 0.375. The van der Waals surface area contributed by atoms with Crippen LogP contribution in [0.1, 0.15) is 48.9 Å². The van der Waals surface area contributed by atoms with Gasteiger partial charge in [-0.1, -0.05) is 25.5 Å². The molecule has 3 heterocycles. The number of hydrogen-bond acceptors (Lipinski definition) is 3. The zero-order valence-corrected chi connectivity index (χ0v) is 18.4. The van der Waals surface area contributed by atoms with E-state index in [1.165, 1.54) is 0 Å². The SMILES string of the molecule is CCC[C@@H](CC(=O)O)n1c(=O)n(Cc2cn(C)c3cccc(C)c23)c2cc(C)cnc21. The van der Waals surface area contributed by atoms with Crippen molar-refractivity contribution in [3.63, 3.8) is 0 Å². The zero-order chi connectivity index (χ0) is 22.3. The molecular formula is C24H28N4O3. The molecule has 7 heteroatoms. The standard InChI is InChI=1S/C24H28N4O3/c1-5-7-18(11-21(29)30)28-23-20(10-15(2)12-25-23)27(24(28)31)14-17-13-26(4)19-9-6-8-16(3)22(17)19/h6,8-10,12-13,18H,5,7,11,14H2,1-4H3,(H,29,30)/t18-/m0/s1. The Hall–Kier alpha value is -3.35. The van der Waals surface area contributed by atoms with E-state index < -0.39 is 12.0 Å². The van der Waals surface area contributed by atoms with E-state index in [1.807, 2.05) is 33.0 Å². The number of aliphatic carboxylic acids is 1. The second kappa shape index (κ2) is 8.06. The zero-order valence-electron chi connectivity index (χ0n) is 18.4. The van der Waals surface area contributed by atoms with Gasteiger partial charge in [0.25, 0.3) is 0 Å². The number of carboxylic acid groups (broad SMARTS) is 1. The molecule has 0 aliphatic rings. The molecule has 0 aliphatic carbocycles. The molecule has 0 amide bonds. The summed E-state index contributed by atoms with van der Waals surface area (Å²) in [5.74, 6) is -0.914. The van der Waals surface area contributed by atoms with E-state index in [1.54, 1.807) is 15.3 Å². The van der Waals surface area contributed by atoms with E-state index in [0.717, 1.165) is 39.5 Å². The quantitative estimate of drug-likeness (QED) is 0.486. The van der Waals surface area contributed by atoms with Gasteiger partial charge in [0.15, 0.2) is 5.65 Å². The minimum atomic E-state index is -0.914. The topological polar surface area (TPSA) is 82.0 Å². The molecule has 1 aromatic carbocycles. The highest BCUT2D eigenvalue weighted by molar-refractivity contribution is 5.87. The fourth-order valence-electron chi connectivity index (χ4n) is 4.62. The first-order valence-electron chi connectivity index (χ1n) is 10.6. The summed E-state index contributed by atoms with van der Waals surface area (Å²) in [4.78, 5) is 29.7. The number of fused-ring (bicyclic) bond motifs is 2. The molecule has 0 aliphatic heterocycles. The summed E-state index contributed by atoms with van der Waals surface area (Å²) in [6.45, 7) is 6.42. The van der Waals surface area contributed by atoms with Crippen LogP contribution in [-0.2, 0) is 18.4 Å². The fourth-order valence-corrected chi connectivity index (χ4v) is 4.62. The monoisotopic (exact) mass is 420 g/mol. The average Bonchev–Trinajstić information content (AvgIpc) is 3.17. The van der Waals surface area contributed by atoms with Crippen LogP contribution in [0, 0.1) is 13.8 Å². The van der Waals surface area contributed by atoms with Crippen LogP contribution < -0.4 is 5.69 Å². The van der Waals surface area contributed by atoms with Crippen LogP contribution in [0.25, 0.3) is 22.1 Å². The molecule has 0 fully saturated rings. The highest BCUT2D eigenvalue weighted by Gasteiger charge is 2.24. The number of aryl methyl sites for hydroxylation is 3. The number of pyridine rings is 1. The minimum absolute atomic E-state index is 0.101. The van der Waals surface area contributed by atoms with Crippen molar-refractivity contribution in [3.8, 4) is 0 Å². The van der Waals surface area contributed by atoms with Crippen molar-refractivity contribution in [2.75, 3.05) is 0 Å². The summed E-state index contributed by atoms with van der Waals surface area (Å²) in [7, 11) is 2.01. The predicted molar refractivity (Wildman–Crippen MR) is 122 cm³/mol. The van der Waals surface area contributed by atoms with E-state index in [-0.39, 0.29) is 12.1 Å². The van der Waals surface area contributed by atoms with Crippen molar-refractivity contribution in [2.24, 2.45) is 7.05 Å². The van der Waals surface area contributed by atoms with Crippen molar-refractivity contribution < 1.29 is 9.90 Å². The molecule has 0 unspecified atom stereocenters. The Bertz CT molecular complexity index is 1340. The number of nitrogens with zero attached hydrogens (tertiary/aromatic N) is 4. The molecule has 7 nitrogen and oxygen atoms in total. The molecule has 3 aromatic heterocycles. The third kappa shape index (κ3) is 3.65. The third-order valence-electron chi connectivity index (χ3n) is 5.97. The maximum absolute atomic E-state index is 13.6. The van der Waals surface area contributed by atoms with Gasteiger partial charge in [-0.05, 0) is 49.1 Å². The van der Waals surface area contributed by atoms with Crippen LogP contribution in [0.2, 0.25) is 0 Å². The molecule has 4 rings (SSSR count). The largest absolute Gasteiger partial charge is 0.481 e. The van der Waals surface area contributed by atoms with Crippen LogP contribution in [0.5, 0.6) is 0 Å². The van der Waals surface area contributed by atoms with Crippen LogP contribution in [-0.4, -0.2) is 29.8 Å².